The SMILES string of the molecule is O=C(c1ccccc1Cl)N1CCOCC1CCl. The lowest BCUT2D eigenvalue weighted by Gasteiger charge is -2.34. The van der Waals surface area contributed by atoms with Crippen LogP contribution in [-0.4, -0.2) is 42.5 Å². The van der Waals surface area contributed by atoms with Crippen molar-refractivity contribution in [2.24, 2.45) is 0 Å². The summed E-state index contributed by atoms with van der Waals surface area (Å²) in [6.45, 7) is 1.59. The number of nitrogens with zero attached hydrogens (tertiary/aromatic N) is 1. The van der Waals surface area contributed by atoms with E-state index in [4.69, 9.17) is 27.9 Å². The van der Waals surface area contributed by atoms with Crippen molar-refractivity contribution in [3.8, 4) is 0 Å². The van der Waals surface area contributed by atoms with Crippen LogP contribution in [0.3, 0.4) is 0 Å². The molecular formula is C12H13Cl2NO2. The zero-order valence-electron chi connectivity index (χ0n) is 9.23. The van der Waals surface area contributed by atoms with E-state index in [1.54, 1.807) is 29.2 Å². The van der Waals surface area contributed by atoms with E-state index in [2.05, 4.69) is 0 Å². The summed E-state index contributed by atoms with van der Waals surface area (Å²) in [5, 5.41) is 0.470. The van der Waals surface area contributed by atoms with Gasteiger partial charge in [-0.05, 0) is 12.1 Å². The van der Waals surface area contributed by atoms with Crippen LogP contribution >= 0.6 is 23.2 Å². The lowest BCUT2D eigenvalue weighted by Crippen LogP contribution is -2.49. The van der Waals surface area contributed by atoms with Crippen molar-refractivity contribution in [2.75, 3.05) is 25.6 Å². The highest BCUT2D eigenvalue weighted by atomic mass is 35.5. The Bertz CT molecular complexity index is 411. The number of carbonyl (C=O) groups is 1. The predicted molar refractivity (Wildman–Crippen MR) is 67.8 cm³/mol. The first-order valence-electron chi connectivity index (χ1n) is 5.43. The van der Waals surface area contributed by atoms with Gasteiger partial charge in [0.15, 0.2) is 0 Å². The fourth-order valence-corrected chi connectivity index (χ4v) is 2.31. The summed E-state index contributed by atoms with van der Waals surface area (Å²) < 4.78 is 5.31. The number of hydrogen-bond donors (Lipinski definition) is 0. The Morgan fingerprint density at radius 2 is 2.24 bits per heavy atom. The summed E-state index contributed by atoms with van der Waals surface area (Å²) >= 11 is 11.9. The molecule has 1 aliphatic rings. The molecule has 1 unspecified atom stereocenters. The Balaban J connectivity index is 2.21. The molecule has 0 bridgehead atoms. The van der Waals surface area contributed by atoms with E-state index in [9.17, 15) is 4.79 Å². The van der Waals surface area contributed by atoms with Gasteiger partial charge in [0.05, 0.1) is 29.8 Å². The molecule has 5 heteroatoms. The van der Waals surface area contributed by atoms with Gasteiger partial charge in [-0.15, -0.1) is 11.6 Å². The second-order valence-electron chi connectivity index (χ2n) is 3.86. The largest absolute Gasteiger partial charge is 0.377 e. The van der Waals surface area contributed by atoms with Crippen LogP contribution in [0, 0.1) is 0 Å². The number of hydrogen-bond acceptors (Lipinski definition) is 2. The third-order valence-corrected chi connectivity index (χ3v) is 3.46. The zero-order valence-corrected chi connectivity index (χ0v) is 10.7. The summed E-state index contributed by atoms with van der Waals surface area (Å²) in [4.78, 5) is 14.1. The maximum atomic E-state index is 12.3. The molecule has 1 amide bonds. The minimum absolute atomic E-state index is 0.0748. The molecule has 1 heterocycles. The number of ether oxygens (including phenoxy) is 1. The molecule has 1 atom stereocenters. The smallest absolute Gasteiger partial charge is 0.255 e. The third-order valence-electron chi connectivity index (χ3n) is 2.77. The maximum Gasteiger partial charge on any atom is 0.255 e. The van der Waals surface area contributed by atoms with E-state index in [1.807, 2.05) is 0 Å². The fraction of sp³-hybridized carbons (Fsp3) is 0.417. The average molecular weight is 274 g/mol. The van der Waals surface area contributed by atoms with Crippen LogP contribution in [0.1, 0.15) is 10.4 Å². The zero-order chi connectivity index (χ0) is 12.3. The molecule has 0 saturated carbocycles. The molecule has 0 spiro atoms. The van der Waals surface area contributed by atoms with Crippen LogP contribution in [0.4, 0.5) is 0 Å². The van der Waals surface area contributed by atoms with Crippen LogP contribution in [0.25, 0.3) is 0 Å². The summed E-state index contributed by atoms with van der Waals surface area (Å²) in [5.41, 5.74) is 0.520. The monoisotopic (exact) mass is 273 g/mol. The topological polar surface area (TPSA) is 29.5 Å². The highest BCUT2D eigenvalue weighted by molar-refractivity contribution is 6.33. The Hall–Kier alpha value is -0.770. The highest BCUT2D eigenvalue weighted by Crippen LogP contribution is 2.20. The highest BCUT2D eigenvalue weighted by Gasteiger charge is 2.28. The number of benzene rings is 1. The molecule has 0 aromatic heterocycles. The molecule has 0 aliphatic carbocycles. The Morgan fingerprint density at radius 1 is 1.47 bits per heavy atom. The lowest BCUT2D eigenvalue weighted by atomic mass is 10.1. The molecule has 2 rings (SSSR count). The standard InChI is InChI=1S/C12H13Cl2NO2/c13-7-9-8-17-6-5-15(9)12(16)10-3-1-2-4-11(10)14/h1-4,9H,5-8H2. The van der Waals surface area contributed by atoms with Crippen molar-refractivity contribution in [1.82, 2.24) is 4.90 Å². The number of alkyl halides is 1. The van der Waals surface area contributed by atoms with Gasteiger partial charge in [0.2, 0.25) is 0 Å². The molecule has 1 aliphatic heterocycles. The van der Waals surface area contributed by atoms with E-state index in [-0.39, 0.29) is 11.9 Å². The van der Waals surface area contributed by atoms with Crippen molar-refractivity contribution in [3.05, 3.63) is 34.9 Å². The van der Waals surface area contributed by atoms with Crippen LogP contribution in [-0.2, 0) is 4.74 Å². The molecule has 1 saturated heterocycles. The van der Waals surface area contributed by atoms with Gasteiger partial charge in [-0.2, -0.15) is 0 Å². The van der Waals surface area contributed by atoms with E-state index >= 15 is 0 Å². The first-order chi connectivity index (χ1) is 8.24. The molecule has 1 fully saturated rings. The molecule has 0 radical (unpaired) electrons. The first kappa shape index (κ1) is 12.7. The van der Waals surface area contributed by atoms with Crippen molar-refractivity contribution >= 4 is 29.1 Å². The van der Waals surface area contributed by atoms with Gasteiger partial charge in [-0.1, -0.05) is 23.7 Å². The van der Waals surface area contributed by atoms with Crippen LogP contribution < -0.4 is 0 Å². The number of carbonyl (C=O) groups excluding carboxylic acids is 1. The molecular weight excluding hydrogens is 261 g/mol. The van der Waals surface area contributed by atoms with Crippen molar-refractivity contribution < 1.29 is 9.53 Å². The normalized spacial score (nSPS) is 20.4. The number of rotatable bonds is 2. The van der Waals surface area contributed by atoms with Gasteiger partial charge >= 0.3 is 0 Å². The van der Waals surface area contributed by atoms with E-state index in [0.717, 1.165) is 0 Å². The molecule has 1 aromatic carbocycles. The number of amides is 1. The van der Waals surface area contributed by atoms with Gasteiger partial charge in [0.1, 0.15) is 0 Å². The fourth-order valence-electron chi connectivity index (χ4n) is 1.84. The molecule has 3 nitrogen and oxygen atoms in total. The molecule has 1 aromatic rings. The second kappa shape index (κ2) is 5.71. The molecule has 92 valence electrons. The predicted octanol–water partition coefficient (Wildman–Crippen LogP) is 2.42. The third kappa shape index (κ3) is 2.73. The number of morpholine rings is 1. The van der Waals surface area contributed by atoms with Crippen LogP contribution in [0.2, 0.25) is 5.02 Å². The van der Waals surface area contributed by atoms with E-state index < -0.39 is 0 Å². The quantitative estimate of drug-likeness (QED) is 0.775. The Morgan fingerprint density at radius 3 is 2.94 bits per heavy atom. The van der Waals surface area contributed by atoms with Crippen molar-refractivity contribution in [2.45, 2.75) is 6.04 Å². The van der Waals surface area contributed by atoms with Gasteiger partial charge < -0.3 is 9.64 Å². The summed E-state index contributed by atoms with van der Waals surface area (Å²) in [6.07, 6.45) is 0. The van der Waals surface area contributed by atoms with E-state index in [0.29, 0.717) is 36.2 Å². The Labute approximate surface area is 110 Å². The minimum atomic E-state index is -0.0791. The van der Waals surface area contributed by atoms with Gasteiger partial charge in [-0.3, -0.25) is 4.79 Å². The van der Waals surface area contributed by atoms with Crippen molar-refractivity contribution in [3.63, 3.8) is 0 Å². The summed E-state index contributed by atoms with van der Waals surface area (Å²) in [6, 6.07) is 6.97. The summed E-state index contributed by atoms with van der Waals surface area (Å²) in [7, 11) is 0. The molecule has 17 heavy (non-hydrogen) atoms. The number of halogens is 2. The lowest BCUT2D eigenvalue weighted by molar-refractivity contribution is 0.00457. The second-order valence-corrected chi connectivity index (χ2v) is 4.58. The van der Waals surface area contributed by atoms with Gasteiger partial charge in [0.25, 0.3) is 5.91 Å². The first-order valence-corrected chi connectivity index (χ1v) is 6.34. The van der Waals surface area contributed by atoms with Gasteiger partial charge in [0, 0.05) is 12.4 Å². The maximum absolute atomic E-state index is 12.3. The minimum Gasteiger partial charge on any atom is -0.377 e. The van der Waals surface area contributed by atoms with Crippen molar-refractivity contribution in [1.29, 1.82) is 0 Å². The van der Waals surface area contributed by atoms with Crippen LogP contribution in [0.5, 0.6) is 0 Å². The average Bonchev–Trinajstić information content (AvgIpc) is 2.38. The van der Waals surface area contributed by atoms with E-state index in [1.165, 1.54) is 0 Å². The Kier molecular flexibility index (Phi) is 4.26. The van der Waals surface area contributed by atoms with Crippen LogP contribution in [0.15, 0.2) is 24.3 Å². The molecule has 0 N–H and O–H groups in total. The van der Waals surface area contributed by atoms with Gasteiger partial charge in [-0.25, -0.2) is 0 Å². The summed E-state index contributed by atoms with van der Waals surface area (Å²) in [5.74, 6) is 0.292.